The lowest BCUT2D eigenvalue weighted by atomic mass is 10.1. The minimum absolute atomic E-state index is 0.0981. The highest BCUT2D eigenvalue weighted by Gasteiger charge is 2.35. The van der Waals surface area contributed by atoms with E-state index in [1.807, 2.05) is 0 Å². The molecule has 0 saturated heterocycles. The fraction of sp³-hybridized carbons (Fsp3) is 0.240. The van der Waals surface area contributed by atoms with Crippen LogP contribution in [0.25, 0.3) is 11.5 Å². The molecule has 11 nitrogen and oxygen atoms in total. The molecule has 0 radical (unpaired) electrons. The van der Waals surface area contributed by atoms with Crippen LogP contribution in [0.5, 0.6) is 5.75 Å². The summed E-state index contributed by atoms with van der Waals surface area (Å²) in [6.45, 7) is 6.07. The van der Waals surface area contributed by atoms with Crippen LogP contribution in [0.4, 0.5) is 4.39 Å². The van der Waals surface area contributed by atoms with E-state index in [2.05, 4.69) is 15.0 Å². The molecule has 39 heavy (non-hydrogen) atoms. The summed E-state index contributed by atoms with van der Waals surface area (Å²) in [5, 5.41) is 30.2. The monoisotopic (exact) mass is 577 g/mol. The Kier molecular flexibility index (Phi) is 7.36. The zero-order chi connectivity index (χ0) is 28.9. The van der Waals surface area contributed by atoms with Crippen LogP contribution in [0, 0.1) is 19.7 Å². The predicted octanol–water partition coefficient (Wildman–Crippen LogP) is 2.64. The summed E-state index contributed by atoms with van der Waals surface area (Å²) in [4.78, 5) is 38.2. The Hall–Kier alpha value is -3.68. The molecule has 3 N–H and O–H groups in total. The molecule has 0 spiro atoms. The van der Waals surface area contributed by atoms with Crippen LogP contribution in [0.1, 0.15) is 36.5 Å². The van der Waals surface area contributed by atoms with E-state index in [1.165, 1.54) is 60.6 Å². The summed E-state index contributed by atoms with van der Waals surface area (Å²) < 4.78 is 20.9. The number of aliphatic hydroxyl groups is 3. The van der Waals surface area contributed by atoms with Crippen molar-refractivity contribution in [2.45, 2.75) is 39.3 Å². The zero-order valence-corrected chi connectivity index (χ0v) is 22.5. The zero-order valence-electron chi connectivity index (χ0n) is 21.0. The van der Waals surface area contributed by atoms with Gasteiger partial charge >= 0.3 is 5.97 Å². The van der Waals surface area contributed by atoms with Gasteiger partial charge in [0.05, 0.1) is 16.9 Å². The second-order valence-electron chi connectivity index (χ2n) is 9.14. The number of halogens is 3. The van der Waals surface area contributed by atoms with Gasteiger partial charge in [0.15, 0.2) is 11.4 Å². The second kappa shape index (κ2) is 10.1. The van der Waals surface area contributed by atoms with Crippen LogP contribution in [0.2, 0.25) is 10.0 Å². The van der Waals surface area contributed by atoms with Crippen molar-refractivity contribution in [3.05, 3.63) is 102 Å². The van der Waals surface area contributed by atoms with Gasteiger partial charge in [0.25, 0.3) is 11.1 Å². The van der Waals surface area contributed by atoms with Gasteiger partial charge in [-0.15, -0.1) is 0 Å². The molecule has 4 aromatic rings. The van der Waals surface area contributed by atoms with Crippen LogP contribution < -0.4 is 15.9 Å². The maximum atomic E-state index is 13.4. The van der Waals surface area contributed by atoms with Gasteiger partial charge in [0.1, 0.15) is 28.0 Å². The van der Waals surface area contributed by atoms with E-state index >= 15 is 0 Å². The van der Waals surface area contributed by atoms with Crippen molar-refractivity contribution in [3.8, 4) is 17.3 Å². The van der Waals surface area contributed by atoms with E-state index in [0.29, 0.717) is 17.4 Å². The van der Waals surface area contributed by atoms with Gasteiger partial charge in [-0.3, -0.25) is 23.7 Å². The van der Waals surface area contributed by atoms with Crippen molar-refractivity contribution >= 4 is 23.2 Å². The van der Waals surface area contributed by atoms with Crippen molar-refractivity contribution in [1.29, 1.82) is 0 Å². The molecule has 4 aromatic heterocycles. The van der Waals surface area contributed by atoms with Gasteiger partial charge in [-0.25, -0.2) is 14.4 Å². The highest BCUT2D eigenvalue weighted by molar-refractivity contribution is 6.32. The first-order valence-corrected chi connectivity index (χ1v) is 12.0. The van der Waals surface area contributed by atoms with Crippen LogP contribution in [0.15, 0.2) is 52.6 Å². The maximum absolute atomic E-state index is 13.4. The first-order chi connectivity index (χ1) is 18.1. The first-order valence-electron chi connectivity index (χ1n) is 11.3. The Morgan fingerprint density at radius 3 is 2.28 bits per heavy atom. The number of hydrogen-bond acceptors (Lipinski definition) is 9. The average Bonchev–Trinajstić information content (AvgIpc) is 2.82. The van der Waals surface area contributed by atoms with Gasteiger partial charge in [0.2, 0.25) is 0 Å². The summed E-state index contributed by atoms with van der Waals surface area (Å²) in [6.07, 6.45) is 4.86. The highest BCUT2D eigenvalue weighted by Crippen LogP contribution is 2.32. The summed E-state index contributed by atoms with van der Waals surface area (Å²) in [6, 6.07) is 3.55. The highest BCUT2D eigenvalue weighted by atomic mass is 35.5. The third-order valence-corrected chi connectivity index (χ3v) is 6.27. The van der Waals surface area contributed by atoms with E-state index in [9.17, 15) is 29.3 Å². The topological polar surface area (TPSA) is 153 Å². The second-order valence-corrected chi connectivity index (χ2v) is 9.92. The van der Waals surface area contributed by atoms with Gasteiger partial charge in [-0.2, -0.15) is 0 Å². The summed E-state index contributed by atoms with van der Waals surface area (Å²) >= 11 is 12.2. The predicted molar refractivity (Wildman–Crippen MR) is 139 cm³/mol. The number of aromatic nitrogens is 5. The molecule has 0 aliphatic carbocycles. The number of nitrogens with zero attached hydrogens (tertiary/aromatic N) is 5. The van der Waals surface area contributed by atoms with E-state index in [1.54, 1.807) is 6.92 Å². The molecule has 0 fully saturated rings. The molecule has 4 heterocycles. The third kappa shape index (κ3) is 5.42. The van der Waals surface area contributed by atoms with Crippen molar-refractivity contribution < 1.29 is 24.4 Å². The number of aryl methyl sites for hydroxylation is 2. The third-order valence-electron chi connectivity index (χ3n) is 5.64. The Morgan fingerprint density at radius 1 is 0.949 bits per heavy atom. The van der Waals surface area contributed by atoms with Gasteiger partial charge < -0.3 is 20.1 Å². The molecule has 0 aliphatic heterocycles. The lowest BCUT2D eigenvalue weighted by Crippen LogP contribution is -2.35. The first kappa shape index (κ1) is 28.3. The van der Waals surface area contributed by atoms with Crippen LogP contribution in [0.3, 0.4) is 0 Å². The lowest BCUT2D eigenvalue weighted by Gasteiger charge is -2.24. The van der Waals surface area contributed by atoms with Crippen molar-refractivity contribution in [2.24, 2.45) is 0 Å². The van der Waals surface area contributed by atoms with Gasteiger partial charge in [-0.05, 0) is 39.3 Å². The summed E-state index contributed by atoms with van der Waals surface area (Å²) in [5.41, 5.74) is -2.51. The van der Waals surface area contributed by atoms with Crippen LogP contribution in [-0.4, -0.2) is 39.4 Å². The van der Waals surface area contributed by atoms with Crippen LogP contribution >= 0.6 is 23.2 Å². The minimum atomic E-state index is -3.15. The molecule has 0 bridgehead atoms. The fourth-order valence-corrected chi connectivity index (χ4v) is 4.25. The fourth-order valence-electron chi connectivity index (χ4n) is 3.80. The van der Waals surface area contributed by atoms with Crippen molar-refractivity contribution in [1.82, 2.24) is 24.1 Å². The Balaban J connectivity index is 1.81. The Labute approximate surface area is 230 Å². The molecule has 204 valence electrons. The number of rotatable bonds is 6. The van der Waals surface area contributed by atoms with E-state index in [4.69, 9.17) is 27.9 Å². The number of pyridine rings is 3. The molecular formula is C25H22Cl2FN5O6. The SMILES string of the molecule is Cc1cnc(-n2ccnc(C(C)(C)O)c2=O)cc1-n1c(C)cc(OC(O)(O)c2ncc(F)cc2Cl)c(Cl)c1=O. The molecule has 14 heteroatoms. The minimum Gasteiger partial charge on any atom is -0.433 e. The Morgan fingerprint density at radius 2 is 1.64 bits per heavy atom. The largest absolute Gasteiger partial charge is 0.433 e. The molecule has 0 aromatic carbocycles. The van der Waals surface area contributed by atoms with E-state index in [-0.39, 0.29) is 17.2 Å². The lowest BCUT2D eigenvalue weighted by molar-refractivity contribution is -0.306. The number of hydrogen-bond donors (Lipinski definition) is 3. The standard InChI is InChI=1S/C25H22Cl2FN5O6/c1-12-10-30-18(32-6-5-29-21(23(32)35)24(3,4)36)9-16(12)33-13(2)7-17(19(27)22(33)34)39-25(37,38)20-15(26)8-14(28)11-31-20/h5-11,36-38H,1-4H3. The normalized spacial score (nSPS) is 12.1. The molecule has 0 amide bonds. The smallest absolute Gasteiger partial charge is 0.370 e. The van der Waals surface area contributed by atoms with E-state index in [0.717, 1.165) is 6.07 Å². The number of ether oxygens (including phenoxy) is 1. The average molecular weight is 578 g/mol. The molecule has 0 unspecified atom stereocenters. The molecule has 0 saturated carbocycles. The summed E-state index contributed by atoms with van der Waals surface area (Å²) in [5.74, 6) is -4.24. The van der Waals surface area contributed by atoms with E-state index < -0.39 is 50.0 Å². The Bertz CT molecular complexity index is 1720. The molecule has 0 aliphatic rings. The van der Waals surface area contributed by atoms with Gasteiger partial charge in [-0.1, -0.05) is 23.2 Å². The molecular weight excluding hydrogens is 556 g/mol. The quantitative estimate of drug-likeness (QED) is 0.293. The van der Waals surface area contributed by atoms with Crippen molar-refractivity contribution in [2.75, 3.05) is 0 Å². The molecule has 0 atom stereocenters. The maximum Gasteiger partial charge on any atom is 0.370 e. The summed E-state index contributed by atoms with van der Waals surface area (Å²) in [7, 11) is 0. The van der Waals surface area contributed by atoms with Crippen molar-refractivity contribution in [3.63, 3.8) is 0 Å². The van der Waals surface area contributed by atoms with Crippen LogP contribution in [-0.2, 0) is 11.6 Å². The van der Waals surface area contributed by atoms with Gasteiger partial charge in [0, 0.05) is 36.4 Å². The molecule has 4 rings (SSSR count).